The highest BCUT2D eigenvalue weighted by Gasteiger charge is 2.25. The Labute approximate surface area is 89.9 Å². The van der Waals surface area contributed by atoms with Crippen LogP contribution in [0, 0.1) is 5.92 Å². The van der Waals surface area contributed by atoms with Gasteiger partial charge in [-0.25, -0.2) is 0 Å². The molecule has 84 valence electrons. The van der Waals surface area contributed by atoms with Gasteiger partial charge in [0.15, 0.2) is 0 Å². The standard InChI is InChI=1S/C11H18N2O2/c1-2-13-10(3-6-12-13)11(14)9-4-7-15-8-5-9/h3,6,9,11,14H,2,4-5,7-8H2,1H3. The van der Waals surface area contributed by atoms with Crippen molar-refractivity contribution in [2.45, 2.75) is 32.4 Å². The molecule has 1 aromatic heterocycles. The van der Waals surface area contributed by atoms with Gasteiger partial charge in [0.2, 0.25) is 0 Å². The van der Waals surface area contributed by atoms with Gasteiger partial charge in [-0.2, -0.15) is 5.10 Å². The van der Waals surface area contributed by atoms with Gasteiger partial charge >= 0.3 is 0 Å². The summed E-state index contributed by atoms with van der Waals surface area (Å²) < 4.78 is 7.15. The van der Waals surface area contributed by atoms with Crippen molar-refractivity contribution in [3.8, 4) is 0 Å². The van der Waals surface area contributed by atoms with Crippen LogP contribution >= 0.6 is 0 Å². The number of aliphatic hydroxyl groups excluding tert-OH is 1. The zero-order valence-corrected chi connectivity index (χ0v) is 9.09. The van der Waals surface area contributed by atoms with Gasteiger partial charge in [0, 0.05) is 26.0 Å². The summed E-state index contributed by atoms with van der Waals surface area (Å²) in [4.78, 5) is 0. The average molecular weight is 210 g/mol. The number of aryl methyl sites for hydroxylation is 1. The summed E-state index contributed by atoms with van der Waals surface area (Å²) in [7, 11) is 0. The topological polar surface area (TPSA) is 47.3 Å². The SMILES string of the molecule is CCn1nccc1C(O)C1CCOCC1. The molecule has 1 atom stereocenters. The number of aromatic nitrogens is 2. The third-order valence-electron chi connectivity index (χ3n) is 3.06. The summed E-state index contributed by atoms with van der Waals surface area (Å²) in [6, 6.07) is 1.91. The molecule has 0 spiro atoms. The van der Waals surface area contributed by atoms with E-state index in [1.807, 2.05) is 17.7 Å². The molecule has 1 saturated heterocycles. The maximum absolute atomic E-state index is 10.2. The Balaban J connectivity index is 2.08. The summed E-state index contributed by atoms with van der Waals surface area (Å²) in [5.41, 5.74) is 0.935. The molecule has 0 aliphatic carbocycles. The number of rotatable bonds is 3. The molecule has 1 aromatic rings. The van der Waals surface area contributed by atoms with Crippen LogP contribution in [0.1, 0.15) is 31.6 Å². The first-order chi connectivity index (χ1) is 7.33. The molecule has 1 fully saturated rings. The lowest BCUT2D eigenvalue weighted by atomic mass is 9.92. The lowest BCUT2D eigenvalue weighted by Gasteiger charge is -2.26. The summed E-state index contributed by atoms with van der Waals surface area (Å²) >= 11 is 0. The number of hydrogen-bond acceptors (Lipinski definition) is 3. The van der Waals surface area contributed by atoms with Crippen LogP contribution in [0.4, 0.5) is 0 Å². The van der Waals surface area contributed by atoms with Crippen LogP contribution < -0.4 is 0 Å². The summed E-state index contributed by atoms with van der Waals surface area (Å²) in [5, 5.41) is 14.4. The molecule has 1 unspecified atom stereocenters. The monoisotopic (exact) mass is 210 g/mol. The third-order valence-corrected chi connectivity index (χ3v) is 3.06. The van der Waals surface area contributed by atoms with Gasteiger partial charge in [-0.15, -0.1) is 0 Å². The largest absolute Gasteiger partial charge is 0.387 e. The second-order valence-corrected chi connectivity index (χ2v) is 3.97. The molecule has 15 heavy (non-hydrogen) atoms. The van der Waals surface area contributed by atoms with Crippen molar-refractivity contribution >= 4 is 0 Å². The normalized spacial score (nSPS) is 20.4. The van der Waals surface area contributed by atoms with Crippen molar-refractivity contribution < 1.29 is 9.84 Å². The quantitative estimate of drug-likeness (QED) is 0.819. The molecule has 0 radical (unpaired) electrons. The van der Waals surface area contributed by atoms with Crippen molar-refractivity contribution in [1.29, 1.82) is 0 Å². The maximum Gasteiger partial charge on any atom is 0.0986 e. The van der Waals surface area contributed by atoms with Crippen LogP contribution in [-0.4, -0.2) is 28.1 Å². The minimum Gasteiger partial charge on any atom is -0.387 e. The van der Waals surface area contributed by atoms with E-state index in [0.29, 0.717) is 5.92 Å². The van der Waals surface area contributed by atoms with Crippen LogP contribution in [0.3, 0.4) is 0 Å². The van der Waals surface area contributed by atoms with E-state index in [0.717, 1.165) is 38.3 Å². The Hall–Kier alpha value is -0.870. The Bertz CT molecular complexity index is 305. The highest BCUT2D eigenvalue weighted by Crippen LogP contribution is 2.29. The smallest absolute Gasteiger partial charge is 0.0986 e. The van der Waals surface area contributed by atoms with Gasteiger partial charge in [0.05, 0.1) is 11.8 Å². The first-order valence-corrected chi connectivity index (χ1v) is 5.60. The second-order valence-electron chi connectivity index (χ2n) is 3.97. The van der Waals surface area contributed by atoms with Gasteiger partial charge in [0.25, 0.3) is 0 Å². The molecule has 0 aromatic carbocycles. The molecule has 0 bridgehead atoms. The van der Waals surface area contributed by atoms with E-state index < -0.39 is 6.10 Å². The predicted molar refractivity (Wildman–Crippen MR) is 56.4 cm³/mol. The molecule has 1 N–H and O–H groups in total. The van der Waals surface area contributed by atoms with Crippen LogP contribution in [0.2, 0.25) is 0 Å². The Morgan fingerprint density at radius 1 is 1.60 bits per heavy atom. The number of nitrogens with zero attached hydrogens (tertiary/aromatic N) is 2. The average Bonchev–Trinajstić information content (AvgIpc) is 2.77. The summed E-state index contributed by atoms with van der Waals surface area (Å²) in [6.45, 7) is 4.37. The van der Waals surface area contributed by atoms with Gasteiger partial charge in [-0.3, -0.25) is 4.68 Å². The highest BCUT2D eigenvalue weighted by atomic mass is 16.5. The molecule has 1 aliphatic rings. The fraction of sp³-hybridized carbons (Fsp3) is 0.727. The van der Waals surface area contributed by atoms with Crippen LogP contribution in [-0.2, 0) is 11.3 Å². The Kier molecular flexibility index (Phi) is 3.38. The highest BCUT2D eigenvalue weighted by molar-refractivity contribution is 5.06. The lowest BCUT2D eigenvalue weighted by Crippen LogP contribution is -2.23. The van der Waals surface area contributed by atoms with Crippen LogP contribution in [0.15, 0.2) is 12.3 Å². The molecular formula is C11H18N2O2. The minimum atomic E-state index is -0.392. The van der Waals surface area contributed by atoms with Crippen LogP contribution in [0.25, 0.3) is 0 Å². The fourth-order valence-electron chi connectivity index (χ4n) is 2.13. The first kappa shape index (κ1) is 10.6. The maximum atomic E-state index is 10.2. The zero-order chi connectivity index (χ0) is 10.7. The Morgan fingerprint density at radius 2 is 2.33 bits per heavy atom. The summed E-state index contributed by atoms with van der Waals surface area (Å²) in [6.07, 6.45) is 3.24. The number of ether oxygens (including phenoxy) is 1. The molecule has 0 saturated carbocycles. The minimum absolute atomic E-state index is 0.320. The van der Waals surface area contributed by atoms with E-state index >= 15 is 0 Å². The van der Waals surface area contributed by atoms with Crippen molar-refractivity contribution in [1.82, 2.24) is 9.78 Å². The van der Waals surface area contributed by atoms with E-state index in [-0.39, 0.29) is 0 Å². The Morgan fingerprint density at radius 3 is 3.00 bits per heavy atom. The summed E-state index contributed by atoms with van der Waals surface area (Å²) in [5.74, 6) is 0.320. The first-order valence-electron chi connectivity index (χ1n) is 5.60. The lowest BCUT2D eigenvalue weighted by molar-refractivity contribution is 0.00388. The van der Waals surface area contributed by atoms with Crippen LogP contribution in [0.5, 0.6) is 0 Å². The van der Waals surface area contributed by atoms with Crippen molar-refractivity contribution in [2.75, 3.05) is 13.2 Å². The van der Waals surface area contributed by atoms with Gasteiger partial charge < -0.3 is 9.84 Å². The molecular weight excluding hydrogens is 192 g/mol. The molecule has 2 rings (SSSR count). The van der Waals surface area contributed by atoms with Gasteiger partial charge in [0.1, 0.15) is 0 Å². The van der Waals surface area contributed by atoms with Gasteiger partial charge in [-0.05, 0) is 31.7 Å². The second kappa shape index (κ2) is 4.77. The molecule has 2 heterocycles. The zero-order valence-electron chi connectivity index (χ0n) is 9.09. The predicted octanol–water partition coefficient (Wildman–Crippen LogP) is 1.36. The molecule has 0 amide bonds. The van der Waals surface area contributed by atoms with E-state index in [1.54, 1.807) is 6.20 Å². The number of aliphatic hydroxyl groups is 1. The van der Waals surface area contributed by atoms with E-state index in [4.69, 9.17) is 4.74 Å². The van der Waals surface area contributed by atoms with Crippen molar-refractivity contribution in [3.05, 3.63) is 18.0 Å². The third kappa shape index (κ3) is 2.21. The fourth-order valence-corrected chi connectivity index (χ4v) is 2.13. The van der Waals surface area contributed by atoms with E-state index in [2.05, 4.69) is 5.10 Å². The molecule has 4 heteroatoms. The number of hydrogen-bond donors (Lipinski definition) is 1. The van der Waals surface area contributed by atoms with Crippen molar-refractivity contribution in [3.63, 3.8) is 0 Å². The molecule has 1 aliphatic heterocycles. The van der Waals surface area contributed by atoms with E-state index in [1.165, 1.54) is 0 Å². The molecule has 4 nitrogen and oxygen atoms in total. The van der Waals surface area contributed by atoms with Gasteiger partial charge in [-0.1, -0.05) is 0 Å². The van der Waals surface area contributed by atoms with E-state index in [9.17, 15) is 5.11 Å². The van der Waals surface area contributed by atoms with Crippen molar-refractivity contribution in [2.24, 2.45) is 5.92 Å².